The first-order valence-corrected chi connectivity index (χ1v) is 9.77. The minimum absolute atomic E-state index is 0.121. The quantitative estimate of drug-likeness (QED) is 0.791. The Morgan fingerprint density at radius 2 is 2.00 bits per heavy atom. The Hall–Kier alpha value is -1.60. The van der Waals surface area contributed by atoms with Crippen molar-refractivity contribution < 1.29 is 5.11 Å². The van der Waals surface area contributed by atoms with Crippen molar-refractivity contribution in [1.29, 1.82) is 0 Å². The Bertz CT molecular complexity index is 876. The number of nitrogens with zero attached hydrogens (tertiary/aromatic N) is 3. The second-order valence-electron chi connectivity index (χ2n) is 7.09. The summed E-state index contributed by atoms with van der Waals surface area (Å²) >= 11 is 12.4. The Labute approximate surface area is 168 Å². The fraction of sp³-hybridized carbons (Fsp3) is 0.474. The van der Waals surface area contributed by atoms with Crippen molar-refractivity contribution in [3.63, 3.8) is 0 Å². The molecule has 1 aromatic carbocycles. The number of aryl methyl sites for hydroxylation is 1. The summed E-state index contributed by atoms with van der Waals surface area (Å²) in [4.78, 5) is 19.5. The summed E-state index contributed by atoms with van der Waals surface area (Å²) in [6.45, 7) is 3.94. The molecule has 0 atom stereocenters. The number of anilines is 1. The van der Waals surface area contributed by atoms with E-state index in [4.69, 9.17) is 28.9 Å². The number of benzene rings is 1. The summed E-state index contributed by atoms with van der Waals surface area (Å²) in [7, 11) is 0. The predicted octanol–water partition coefficient (Wildman–Crippen LogP) is 2.78. The molecule has 0 aliphatic carbocycles. The van der Waals surface area contributed by atoms with Crippen molar-refractivity contribution in [2.24, 2.45) is 11.1 Å². The van der Waals surface area contributed by atoms with Gasteiger partial charge in [-0.1, -0.05) is 29.3 Å². The van der Waals surface area contributed by atoms with E-state index in [0.717, 1.165) is 32.4 Å². The molecular weight excluding hydrogens is 387 g/mol. The highest BCUT2D eigenvalue weighted by Crippen LogP contribution is 2.35. The highest BCUT2D eigenvalue weighted by atomic mass is 35.5. The highest BCUT2D eigenvalue weighted by Gasteiger charge is 2.34. The first-order valence-electron chi connectivity index (χ1n) is 9.02. The number of rotatable bonds is 5. The second-order valence-corrected chi connectivity index (χ2v) is 7.88. The van der Waals surface area contributed by atoms with E-state index in [9.17, 15) is 9.90 Å². The summed E-state index contributed by atoms with van der Waals surface area (Å²) in [6.07, 6.45) is 2.45. The molecule has 1 fully saturated rings. The van der Waals surface area contributed by atoms with Crippen LogP contribution in [0.25, 0.3) is 5.69 Å². The third kappa shape index (κ3) is 3.99. The van der Waals surface area contributed by atoms with E-state index in [1.807, 2.05) is 0 Å². The summed E-state index contributed by atoms with van der Waals surface area (Å²) < 4.78 is 1.47. The average molecular weight is 411 g/mol. The van der Waals surface area contributed by atoms with Crippen LogP contribution in [0.4, 0.5) is 5.82 Å². The molecule has 2 aromatic rings. The topological polar surface area (TPSA) is 84.4 Å². The Kier molecular flexibility index (Phi) is 6.11. The number of aromatic nitrogens is 2. The van der Waals surface area contributed by atoms with Gasteiger partial charge in [0.15, 0.2) is 0 Å². The molecule has 0 unspecified atom stereocenters. The van der Waals surface area contributed by atoms with E-state index in [0.29, 0.717) is 33.9 Å². The van der Waals surface area contributed by atoms with E-state index >= 15 is 0 Å². The van der Waals surface area contributed by atoms with Gasteiger partial charge in [-0.25, -0.2) is 4.98 Å². The van der Waals surface area contributed by atoms with E-state index < -0.39 is 0 Å². The summed E-state index contributed by atoms with van der Waals surface area (Å²) in [5.74, 6) is 1.19. The molecule has 3 rings (SSSR count). The molecule has 0 radical (unpaired) electrons. The standard InChI is InChI=1S/C19H24Cl2N4O2/c1-13-23-16(24-9-6-19(12-26,5-8-22)7-10-24)11-17(27)25(13)15-4-2-3-14(20)18(15)21/h2-4,11,26H,5-10,12,22H2,1H3. The largest absolute Gasteiger partial charge is 0.396 e. The summed E-state index contributed by atoms with van der Waals surface area (Å²) in [5.41, 5.74) is 5.89. The third-order valence-corrected chi connectivity index (χ3v) is 6.21. The van der Waals surface area contributed by atoms with Crippen molar-refractivity contribution in [2.75, 3.05) is 31.1 Å². The van der Waals surface area contributed by atoms with Gasteiger partial charge < -0.3 is 15.7 Å². The number of piperidine rings is 1. The van der Waals surface area contributed by atoms with Crippen LogP contribution in [-0.4, -0.2) is 40.9 Å². The van der Waals surface area contributed by atoms with E-state index in [2.05, 4.69) is 9.88 Å². The zero-order valence-corrected chi connectivity index (χ0v) is 16.8. The zero-order chi connectivity index (χ0) is 19.6. The van der Waals surface area contributed by atoms with Gasteiger partial charge in [-0.3, -0.25) is 9.36 Å². The van der Waals surface area contributed by atoms with Crippen LogP contribution in [0.2, 0.25) is 10.0 Å². The van der Waals surface area contributed by atoms with Gasteiger partial charge in [-0.2, -0.15) is 0 Å². The van der Waals surface area contributed by atoms with Gasteiger partial charge >= 0.3 is 0 Å². The Morgan fingerprint density at radius 1 is 1.30 bits per heavy atom. The van der Waals surface area contributed by atoms with Gasteiger partial charge in [0.25, 0.3) is 5.56 Å². The predicted molar refractivity (Wildman–Crippen MR) is 109 cm³/mol. The first-order chi connectivity index (χ1) is 12.9. The Balaban J connectivity index is 1.88. The molecule has 0 saturated carbocycles. The lowest BCUT2D eigenvalue weighted by Crippen LogP contribution is -2.44. The fourth-order valence-corrected chi connectivity index (χ4v) is 4.09. The molecule has 1 saturated heterocycles. The molecule has 1 aromatic heterocycles. The van der Waals surface area contributed by atoms with Gasteiger partial charge in [-0.05, 0) is 50.3 Å². The van der Waals surface area contributed by atoms with Crippen LogP contribution < -0.4 is 16.2 Å². The van der Waals surface area contributed by atoms with Crippen LogP contribution in [-0.2, 0) is 0 Å². The molecule has 3 N–H and O–H groups in total. The van der Waals surface area contributed by atoms with Crippen LogP contribution in [0.5, 0.6) is 0 Å². The van der Waals surface area contributed by atoms with Crippen LogP contribution in [0.3, 0.4) is 0 Å². The van der Waals surface area contributed by atoms with Crippen molar-refractivity contribution in [1.82, 2.24) is 9.55 Å². The number of aliphatic hydroxyl groups excluding tert-OH is 1. The average Bonchev–Trinajstić information content (AvgIpc) is 2.65. The van der Waals surface area contributed by atoms with Crippen LogP contribution in [0, 0.1) is 12.3 Å². The molecule has 8 heteroatoms. The maximum atomic E-state index is 12.8. The number of halogens is 2. The van der Waals surface area contributed by atoms with Crippen molar-refractivity contribution in [3.8, 4) is 5.69 Å². The highest BCUT2D eigenvalue weighted by molar-refractivity contribution is 6.43. The minimum atomic E-state index is -0.206. The number of hydrogen-bond acceptors (Lipinski definition) is 5. The van der Waals surface area contributed by atoms with Crippen LogP contribution in [0.15, 0.2) is 29.1 Å². The molecule has 1 aliphatic rings. The molecule has 0 spiro atoms. The maximum absolute atomic E-state index is 12.8. The van der Waals surface area contributed by atoms with Gasteiger partial charge in [0.05, 0.1) is 15.7 Å². The SMILES string of the molecule is Cc1nc(N2CCC(CO)(CCN)CC2)cc(=O)n1-c1cccc(Cl)c1Cl. The van der Waals surface area contributed by atoms with E-state index in [1.54, 1.807) is 25.1 Å². The smallest absolute Gasteiger partial charge is 0.260 e. The summed E-state index contributed by atoms with van der Waals surface area (Å²) in [6, 6.07) is 6.70. The van der Waals surface area contributed by atoms with Gasteiger partial charge in [0.2, 0.25) is 0 Å². The van der Waals surface area contributed by atoms with Gasteiger partial charge in [0, 0.05) is 25.8 Å². The van der Waals surface area contributed by atoms with Crippen LogP contribution in [0.1, 0.15) is 25.1 Å². The fourth-order valence-electron chi connectivity index (χ4n) is 3.71. The van der Waals surface area contributed by atoms with Gasteiger partial charge in [-0.15, -0.1) is 0 Å². The lowest BCUT2D eigenvalue weighted by atomic mass is 9.76. The monoisotopic (exact) mass is 410 g/mol. The number of aliphatic hydroxyl groups is 1. The van der Waals surface area contributed by atoms with Crippen molar-refractivity contribution in [3.05, 3.63) is 50.5 Å². The number of nitrogens with two attached hydrogens (primary N) is 1. The molecule has 6 nitrogen and oxygen atoms in total. The lowest BCUT2D eigenvalue weighted by Gasteiger charge is -2.41. The van der Waals surface area contributed by atoms with E-state index in [-0.39, 0.29) is 17.6 Å². The molecule has 2 heterocycles. The second kappa shape index (κ2) is 8.19. The normalized spacial score (nSPS) is 16.6. The molecule has 0 amide bonds. The number of hydrogen-bond donors (Lipinski definition) is 2. The maximum Gasteiger partial charge on any atom is 0.260 e. The Morgan fingerprint density at radius 3 is 2.59 bits per heavy atom. The molecule has 1 aliphatic heterocycles. The summed E-state index contributed by atoms with van der Waals surface area (Å²) in [5, 5.41) is 10.5. The van der Waals surface area contributed by atoms with Crippen molar-refractivity contribution in [2.45, 2.75) is 26.2 Å². The molecule has 27 heavy (non-hydrogen) atoms. The molecule has 0 bridgehead atoms. The molecular formula is C19H24Cl2N4O2. The zero-order valence-electron chi connectivity index (χ0n) is 15.3. The van der Waals surface area contributed by atoms with Crippen LogP contribution >= 0.6 is 23.2 Å². The third-order valence-electron chi connectivity index (χ3n) is 5.40. The van der Waals surface area contributed by atoms with Gasteiger partial charge in [0.1, 0.15) is 11.6 Å². The van der Waals surface area contributed by atoms with E-state index in [1.165, 1.54) is 10.6 Å². The minimum Gasteiger partial charge on any atom is -0.396 e. The molecule has 146 valence electrons. The van der Waals surface area contributed by atoms with Crippen molar-refractivity contribution >= 4 is 29.0 Å². The first kappa shape index (κ1) is 20.1. The lowest BCUT2D eigenvalue weighted by molar-refractivity contribution is 0.0894.